The molecule has 2 aromatic rings. The van der Waals surface area contributed by atoms with Crippen LogP contribution in [-0.4, -0.2) is 21.9 Å². The number of hydrogen-bond acceptors (Lipinski definition) is 5. The van der Waals surface area contributed by atoms with Crippen molar-refractivity contribution >= 4 is 23.4 Å². The second-order valence-electron chi connectivity index (χ2n) is 5.67. The normalized spacial score (nSPS) is 11.2. The number of carbonyl (C=O) groups is 1. The van der Waals surface area contributed by atoms with Crippen molar-refractivity contribution in [3.8, 4) is 0 Å². The van der Waals surface area contributed by atoms with Crippen LogP contribution in [0.5, 0.6) is 0 Å². The van der Waals surface area contributed by atoms with Gasteiger partial charge in [-0.2, -0.15) is 0 Å². The molecule has 0 aliphatic rings. The molecule has 1 N–H and O–H groups in total. The Bertz CT molecular complexity index is 621. The number of benzene rings is 1. The molecule has 0 radical (unpaired) electrons. The van der Waals surface area contributed by atoms with E-state index in [1.165, 1.54) is 17.3 Å². The molecule has 6 heteroatoms. The van der Waals surface area contributed by atoms with Crippen molar-refractivity contribution < 1.29 is 9.21 Å². The van der Waals surface area contributed by atoms with Crippen LogP contribution < -0.4 is 5.32 Å². The van der Waals surface area contributed by atoms with Gasteiger partial charge in [-0.1, -0.05) is 51.6 Å². The molecule has 0 bridgehead atoms. The minimum absolute atomic E-state index is 0.0911. The van der Waals surface area contributed by atoms with Crippen LogP contribution in [0.1, 0.15) is 51.0 Å². The highest BCUT2D eigenvalue weighted by atomic mass is 32.2. The van der Waals surface area contributed by atoms with Gasteiger partial charge in [0.25, 0.3) is 5.22 Å². The fourth-order valence-electron chi connectivity index (χ4n) is 1.79. The highest BCUT2D eigenvalue weighted by Crippen LogP contribution is 2.21. The van der Waals surface area contributed by atoms with Gasteiger partial charge in [0.05, 0.1) is 5.75 Å². The first-order valence-corrected chi connectivity index (χ1v) is 8.30. The predicted molar refractivity (Wildman–Crippen MR) is 88.3 cm³/mol. The molecule has 0 unspecified atom stereocenters. The Labute approximate surface area is 134 Å². The lowest BCUT2D eigenvalue weighted by Crippen LogP contribution is -2.14. The summed E-state index contributed by atoms with van der Waals surface area (Å²) < 4.78 is 5.45. The lowest BCUT2D eigenvalue weighted by atomic mass is 10.0. The summed E-state index contributed by atoms with van der Waals surface area (Å²) in [5.74, 6) is 1.41. The largest absolute Gasteiger partial charge is 0.416 e. The SMILES string of the molecule is CC(C)c1ccc(NC(=O)CSc2nnc(C(C)C)o2)cc1. The topological polar surface area (TPSA) is 68.0 Å². The van der Waals surface area contributed by atoms with Crippen molar-refractivity contribution in [2.45, 2.75) is 44.8 Å². The fourth-order valence-corrected chi connectivity index (χ4v) is 2.36. The Hall–Kier alpha value is -1.82. The number of carbonyl (C=O) groups excluding carboxylic acids is 1. The zero-order valence-electron chi connectivity index (χ0n) is 13.3. The van der Waals surface area contributed by atoms with Crippen LogP contribution in [0, 0.1) is 0 Å². The maximum atomic E-state index is 11.9. The molecule has 1 heterocycles. The smallest absolute Gasteiger partial charge is 0.277 e. The predicted octanol–water partition coefficient (Wildman–Crippen LogP) is 4.05. The van der Waals surface area contributed by atoms with Crippen LogP contribution in [0.25, 0.3) is 0 Å². The summed E-state index contributed by atoms with van der Waals surface area (Å²) in [4.78, 5) is 11.9. The monoisotopic (exact) mass is 319 g/mol. The molecule has 0 atom stereocenters. The van der Waals surface area contributed by atoms with Gasteiger partial charge in [-0.3, -0.25) is 4.79 Å². The van der Waals surface area contributed by atoms with Gasteiger partial charge >= 0.3 is 0 Å². The maximum Gasteiger partial charge on any atom is 0.277 e. The molecule has 0 fully saturated rings. The Morgan fingerprint density at radius 2 is 1.82 bits per heavy atom. The molecule has 1 aromatic heterocycles. The summed E-state index contributed by atoms with van der Waals surface area (Å²) in [6.07, 6.45) is 0. The third-order valence-corrected chi connectivity index (χ3v) is 3.92. The maximum absolute atomic E-state index is 11.9. The number of thioether (sulfide) groups is 1. The van der Waals surface area contributed by atoms with Gasteiger partial charge in [0.1, 0.15) is 0 Å². The number of hydrogen-bond donors (Lipinski definition) is 1. The van der Waals surface area contributed by atoms with E-state index < -0.39 is 0 Å². The van der Waals surface area contributed by atoms with Gasteiger partial charge in [-0.25, -0.2) is 0 Å². The lowest BCUT2D eigenvalue weighted by molar-refractivity contribution is -0.113. The van der Waals surface area contributed by atoms with Crippen molar-refractivity contribution in [3.05, 3.63) is 35.7 Å². The molecule has 22 heavy (non-hydrogen) atoms. The van der Waals surface area contributed by atoms with E-state index in [0.29, 0.717) is 17.0 Å². The van der Waals surface area contributed by atoms with Gasteiger partial charge in [0.15, 0.2) is 0 Å². The Balaban J connectivity index is 1.84. The highest BCUT2D eigenvalue weighted by molar-refractivity contribution is 7.99. The first-order valence-electron chi connectivity index (χ1n) is 7.31. The Morgan fingerprint density at radius 3 is 2.36 bits per heavy atom. The number of aromatic nitrogens is 2. The second-order valence-corrected chi connectivity index (χ2v) is 6.60. The lowest BCUT2D eigenvalue weighted by Gasteiger charge is -2.07. The quantitative estimate of drug-likeness (QED) is 0.814. The minimum atomic E-state index is -0.0911. The summed E-state index contributed by atoms with van der Waals surface area (Å²) in [7, 11) is 0. The van der Waals surface area contributed by atoms with Crippen molar-refractivity contribution in [1.29, 1.82) is 0 Å². The standard InChI is InChI=1S/C16H21N3O2S/c1-10(2)12-5-7-13(8-6-12)17-14(20)9-22-16-19-18-15(21-16)11(3)4/h5-8,10-11H,9H2,1-4H3,(H,17,20). The third kappa shape index (κ3) is 4.59. The van der Waals surface area contributed by atoms with Gasteiger partial charge in [-0.15, -0.1) is 10.2 Å². The number of amides is 1. The van der Waals surface area contributed by atoms with Crippen molar-refractivity contribution in [2.75, 3.05) is 11.1 Å². The van der Waals surface area contributed by atoms with E-state index in [4.69, 9.17) is 4.42 Å². The van der Waals surface area contributed by atoms with Gasteiger partial charge < -0.3 is 9.73 Å². The van der Waals surface area contributed by atoms with Gasteiger partial charge in [0.2, 0.25) is 11.8 Å². The van der Waals surface area contributed by atoms with Gasteiger partial charge in [-0.05, 0) is 23.6 Å². The van der Waals surface area contributed by atoms with Crippen molar-refractivity contribution in [1.82, 2.24) is 10.2 Å². The summed E-state index contributed by atoms with van der Waals surface area (Å²) in [6.45, 7) is 8.24. The van der Waals surface area contributed by atoms with Gasteiger partial charge in [0, 0.05) is 11.6 Å². The summed E-state index contributed by atoms with van der Waals surface area (Å²) >= 11 is 1.24. The number of anilines is 1. The Kier molecular flexibility index (Phi) is 5.60. The van der Waals surface area contributed by atoms with Crippen LogP contribution in [-0.2, 0) is 4.79 Å². The molecule has 118 valence electrons. The Morgan fingerprint density at radius 1 is 1.14 bits per heavy atom. The molecule has 0 saturated heterocycles. The van der Waals surface area contributed by atoms with E-state index in [9.17, 15) is 4.79 Å². The molecule has 5 nitrogen and oxygen atoms in total. The van der Waals surface area contributed by atoms with Crippen molar-refractivity contribution in [3.63, 3.8) is 0 Å². The van der Waals surface area contributed by atoms with E-state index in [2.05, 4.69) is 29.4 Å². The zero-order valence-corrected chi connectivity index (χ0v) is 14.1. The second kappa shape index (κ2) is 7.45. The fraction of sp³-hybridized carbons (Fsp3) is 0.438. The minimum Gasteiger partial charge on any atom is -0.416 e. The molecule has 0 spiro atoms. The highest BCUT2D eigenvalue weighted by Gasteiger charge is 2.12. The molecule has 0 aliphatic heterocycles. The summed E-state index contributed by atoms with van der Waals surface area (Å²) in [6, 6.07) is 7.89. The van der Waals surface area contributed by atoms with E-state index >= 15 is 0 Å². The van der Waals surface area contributed by atoms with E-state index in [-0.39, 0.29) is 17.6 Å². The molecule has 1 amide bonds. The number of rotatable bonds is 6. The van der Waals surface area contributed by atoms with Crippen LogP contribution in [0.4, 0.5) is 5.69 Å². The molecule has 0 saturated carbocycles. The number of nitrogens with one attached hydrogen (secondary N) is 1. The van der Waals surface area contributed by atoms with E-state index in [1.54, 1.807) is 0 Å². The van der Waals surface area contributed by atoms with Crippen LogP contribution in [0.3, 0.4) is 0 Å². The van der Waals surface area contributed by atoms with E-state index in [1.807, 2.05) is 38.1 Å². The third-order valence-electron chi connectivity index (χ3n) is 3.10. The average molecular weight is 319 g/mol. The molecular formula is C16H21N3O2S. The summed E-state index contributed by atoms with van der Waals surface area (Å²) in [5.41, 5.74) is 2.04. The van der Waals surface area contributed by atoms with Crippen LogP contribution in [0.15, 0.2) is 33.9 Å². The first-order chi connectivity index (χ1) is 10.5. The molecule has 0 aliphatic carbocycles. The molecule has 1 aromatic carbocycles. The zero-order chi connectivity index (χ0) is 16.1. The van der Waals surface area contributed by atoms with E-state index in [0.717, 1.165) is 5.69 Å². The average Bonchev–Trinajstić information content (AvgIpc) is 2.95. The molecule has 2 rings (SSSR count). The summed E-state index contributed by atoms with van der Waals surface area (Å²) in [5, 5.41) is 11.1. The van der Waals surface area contributed by atoms with Crippen molar-refractivity contribution in [2.24, 2.45) is 0 Å². The molecular weight excluding hydrogens is 298 g/mol. The first kappa shape index (κ1) is 16.5. The van der Waals surface area contributed by atoms with Crippen LogP contribution in [0.2, 0.25) is 0 Å². The number of nitrogens with zero attached hydrogens (tertiary/aromatic N) is 2. The van der Waals surface area contributed by atoms with Crippen LogP contribution >= 0.6 is 11.8 Å².